The van der Waals surface area contributed by atoms with Gasteiger partial charge in [-0.25, -0.2) is 13.8 Å². The molecule has 0 spiro atoms. The highest BCUT2D eigenvalue weighted by molar-refractivity contribution is 9.10. The fourth-order valence-electron chi connectivity index (χ4n) is 1.05. The first kappa shape index (κ1) is 11.8. The minimum Gasteiger partial charge on any atom is -0.494 e. The predicted molar refractivity (Wildman–Crippen MR) is 56.1 cm³/mol. The zero-order chi connectivity index (χ0) is 10.7. The number of nitrogens with zero attached hydrogens (tertiary/aromatic N) is 1. The van der Waals surface area contributed by atoms with Gasteiger partial charge in [0.25, 0.3) is 6.43 Å². The highest BCUT2D eigenvalue weighted by Gasteiger charge is 2.19. The van der Waals surface area contributed by atoms with Crippen molar-refractivity contribution in [3.05, 3.63) is 21.9 Å². The standard InChI is InChI=1S/C8H7Br2F2NO/c1-14-6-4(2-9)5(8(11)12)3-13-7(6)10/h3,8H,2H2,1H3. The van der Waals surface area contributed by atoms with Crippen LogP contribution in [0.1, 0.15) is 17.6 Å². The highest BCUT2D eigenvalue weighted by atomic mass is 79.9. The Hall–Kier alpha value is -0.230. The number of rotatable bonds is 3. The Morgan fingerprint density at radius 2 is 2.21 bits per heavy atom. The van der Waals surface area contributed by atoms with E-state index in [9.17, 15) is 8.78 Å². The van der Waals surface area contributed by atoms with Gasteiger partial charge < -0.3 is 4.74 Å². The second kappa shape index (κ2) is 5.02. The molecule has 1 aromatic rings. The molecule has 0 aliphatic rings. The maximum atomic E-state index is 12.5. The first-order chi connectivity index (χ1) is 6.61. The van der Waals surface area contributed by atoms with Crippen LogP contribution in [0.2, 0.25) is 0 Å². The summed E-state index contributed by atoms with van der Waals surface area (Å²) in [6.07, 6.45) is -1.40. The second-order valence-electron chi connectivity index (χ2n) is 2.45. The summed E-state index contributed by atoms with van der Waals surface area (Å²) in [5.74, 6) is 0.347. The summed E-state index contributed by atoms with van der Waals surface area (Å²) in [7, 11) is 1.42. The molecule has 2 nitrogen and oxygen atoms in total. The molecule has 0 saturated heterocycles. The molecule has 0 unspecified atom stereocenters. The average molecular weight is 331 g/mol. The van der Waals surface area contributed by atoms with Crippen molar-refractivity contribution in [1.82, 2.24) is 4.98 Å². The smallest absolute Gasteiger partial charge is 0.265 e. The molecule has 1 heterocycles. The minimum atomic E-state index is -2.54. The lowest BCUT2D eigenvalue weighted by Gasteiger charge is -2.11. The summed E-state index contributed by atoms with van der Waals surface area (Å²) < 4.78 is 30.5. The Morgan fingerprint density at radius 1 is 1.57 bits per heavy atom. The minimum absolute atomic E-state index is 0.109. The summed E-state index contributed by atoms with van der Waals surface area (Å²) >= 11 is 6.27. The van der Waals surface area contributed by atoms with E-state index in [-0.39, 0.29) is 5.56 Å². The number of alkyl halides is 3. The molecular weight excluding hydrogens is 324 g/mol. The molecule has 0 saturated carbocycles. The molecule has 0 radical (unpaired) electrons. The Bertz CT molecular complexity index is 333. The molecule has 1 rings (SSSR count). The maximum Gasteiger partial charge on any atom is 0.265 e. The summed E-state index contributed by atoms with van der Waals surface area (Å²) in [5, 5.41) is 0.303. The molecule has 0 amide bonds. The number of pyridine rings is 1. The normalized spacial score (nSPS) is 10.7. The van der Waals surface area contributed by atoms with Gasteiger partial charge in [-0.1, -0.05) is 15.9 Å². The lowest BCUT2D eigenvalue weighted by atomic mass is 10.1. The van der Waals surface area contributed by atoms with Crippen molar-refractivity contribution in [2.75, 3.05) is 7.11 Å². The van der Waals surface area contributed by atoms with E-state index in [0.717, 1.165) is 6.20 Å². The molecule has 0 fully saturated rings. The van der Waals surface area contributed by atoms with Gasteiger partial charge >= 0.3 is 0 Å². The van der Waals surface area contributed by atoms with Crippen molar-refractivity contribution in [2.45, 2.75) is 11.8 Å². The first-order valence-corrected chi connectivity index (χ1v) is 5.58. The molecular formula is C8H7Br2F2NO. The molecule has 78 valence electrons. The second-order valence-corrected chi connectivity index (χ2v) is 3.76. The third kappa shape index (κ3) is 2.23. The van der Waals surface area contributed by atoms with Crippen LogP contribution in [0.5, 0.6) is 5.75 Å². The van der Waals surface area contributed by atoms with Crippen LogP contribution in [0.15, 0.2) is 10.8 Å². The van der Waals surface area contributed by atoms with E-state index in [2.05, 4.69) is 36.8 Å². The van der Waals surface area contributed by atoms with Gasteiger partial charge in [-0.2, -0.15) is 0 Å². The molecule has 14 heavy (non-hydrogen) atoms. The number of hydrogen-bond donors (Lipinski definition) is 0. The highest BCUT2D eigenvalue weighted by Crippen LogP contribution is 2.35. The lowest BCUT2D eigenvalue weighted by Crippen LogP contribution is -1.99. The fraction of sp³-hybridized carbons (Fsp3) is 0.375. The largest absolute Gasteiger partial charge is 0.494 e. The monoisotopic (exact) mass is 329 g/mol. The zero-order valence-electron chi connectivity index (χ0n) is 7.23. The van der Waals surface area contributed by atoms with Crippen LogP contribution < -0.4 is 4.74 Å². The third-order valence-corrected chi connectivity index (χ3v) is 2.83. The molecule has 1 aromatic heterocycles. The molecule has 0 N–H and O–H groups in total. The molecule has 0 atom stereocenters. The van der Waals surface area contributed by atoms with Gasteiger partial charge in [0, 0.05) is 22.7 Å². The van der Waals surface area contributed by atoms with E-state index < -0.39 is 6.43 Å². The van der Waals surface area contributed by atoms with Crippen LogP contribution in [-0.4, -0.2) is 12.1 Å². The van der Waals surface area contributed by atoms with Crippen LogP contribution >= 0.6 is 31.9 Å². The Kier molecular flexibility index (Phi) is 4.25. The van der Waals surface area contributed by atoms with Crippen molar-refractivity contribution < 1.29 is 13.5 Å². The average Bonchev–Trinajstić information content (AvgIpc) is 2.16. The summed E-state index contributed by atoms with van der Waals surface area (Å²) in [4.78, 5) is 3.77. The van der Waals surface area contributed by atoms with Crippen molar-refractivity contribution in [1.29, 1.82) is 0 Å². The Balaban J connectivity index is 3.33. The van der Waals surface area contributed by atoms with Gasteiger partial charge in [0.1, 0.15) is 4.60 Å². The lowest BCUT2D eigenvalue weighted by molar-refractivity contribution is 0.149. The Morgan fingerprint density at radius 3 is 2.64 bits per heavy atom. The van der Waals surface area contributed by atoms with Crippen molar-refractivity contribution >= 4 is 31.9 Å². The number of halogens is 4. The van der Waals surface area contributed by atoms with Gasteiger partial charge in [0.15, 0.2) is 5.75 Å². The van der Waals surface area contributed by atoms with Crippen LogP contribution in [0, 0.1) is 0 Å². The summed E-state index contributed by atoms with van der Waals surface area (Å²) in [6, 6.07) is 0. The van der Waals surface area contributed by atoms with Crippen molar-refractivity contribution in [2.24, 2.45) is 0 Å². The van der Waals surface area contributed by atoms with Crippen molar-refractivity contribution in [3.63, 3.8) is 0 Å². The fourth-order valence-corrected chi connectivity index (χ4v) is 2.13. The van der Waals surface area contributed by atoms with Gasteiger partial charge in [0.2, 0.25) is 0 Å². The van der Waals surface area contributed by atoms with Gasteiger partial charge in [-0.3, -0.25) is 0 Å². The Labute approximate surface area is 96.9 Å². The first-order valence-electron chi connectivity index (χ1n) is 3.67. The molecule has 0 aliphatic heterocycles. The van der Waals surface area contributed by atoms with Gasteiger partial charge in [-0.15, -0.1) is 0 Å². The SMILES string of the molecule is COc1c(Br)ncc(C(F)F)c1CBr. The van der Waals surface area contributed by atoms with Crippen LogP contribution in [-0.2, 0) is 5.33 Å². The number of ether oxygens (including phenoxy) is 1. The van der Waals surface area contributed by atoms with Crippen LogP contribution in [0.25, 0.3) is 0 Å². The van der Waals surface area contributed by atoms with Gasteiger partial charge in [0.05, 0.1) is 7.11 Å². The van der Waals surface area contributed by atoms with E-state index >= 15 is 0 Å². The van der Waals surface area contributed by atoms with Crippen LogP contribution in [0.3, 0.4) is 0 Å². The number of aromatic nitrogens is 1. The van der Waals surface area contributed by atoms with Crippen molar-refractivity contribution in [3.8, 4) is 5.75 Å². The molecule has 0 bridgehead atoms. The number of hydrogen-bond acceptors (Lipinski definition) is 2. The van der Waals surface area contributed by atoms with E-state index in [1.54, 1.807) is 0 Å². The third-order valence-electron chi connectivity index (χ3n) is 1.70. The number of methoxy groups -OCH3 is 1. The van der Waals surface area contributed by atoms with E-state index in [4.69, 9.17) is 4.74 Å². The molecule has 0 aliphatic carbocycles. The van der Waals surface area contributed by atoms with E-state index in [1.807, 2.05) is 0 Å². The van der Waals surface area contributed by atoms with Gasteiger partial charge in [-0.05, 0) is 15.9 Å². The maximum absolute atomic E-state index is 12.5. The van der Waals surface area contributed by atoms with E-state index in [0.29, 0.717) is 21.2 Å². The molecule has 6 heteroatoms. The summed E-state index contributed by atoms with van der Waals surface area (Å²) in [6.45, 7) is 0. The van der Waals surface area contributed by atoms with Crippen LogP contribution in [0.4, 0.5) is 8.78 Å². The topological polar surface area (TPSA) is 22.1 Å². The van der Waals surface area contributed by atoms with E-state index in [1.165, 1.54) is 7.11 Å². The quantitative estimate of drug-likeness (QED) is 0.623. The summed E-state index contributed by atoms with van der Waals surface area (Å²) in [5.41, 5.74) is 0.311. The zero-order valence-corrected chi connectivity index (χ0v) is 10.4. The predicted octanol–water partition coefficient (Wildman–Crippen LogP) is 3.69. The molecule has 0 aromatic carbocycles.